The van der Waals surface area contributed by atoms with Gasteiger partial charge in [0, 0.05) is 12.8 Å². The quantitative estimate of drug-likeness (QED) is 0.0211. The van der Waals surface area contributed by atoms with E-state index in [-0.39, 0.29) is 32.7 Å². The van der Waals surface area contributed by atoms with Crippen molar-refractivity contribution >= 4 is 17.9 Å². The lowest BCUT2D eigenvalue weighted by molar-refractivity contribution is -0.870. The van der Waals surface area contributed by atoms with Crippen molar-refractivity contribution < 1.29 is 42.9 Å². The van der Waals surface area contributed by atoms with Gasteiger partial charge in [-0.2, -0.15) is 0 Å². The molecule has 0 spiro atoms. The zero-order chi connectivity index (χ0) is 56.2. The highest BCUT2D eigenvalue weighted by Gasteiger charge is 2.25. The van der Waals surface area contributed by atoms with Gasteiger partial charge in [0.05, 0.1) is 34.4 Å². The Labute approximate surface area is 469 Å². The summed E-state index contributed by atoms with van der Waals surface area (Å²) in [6.07, 6.45) is 84.0. The smallest absolute Gasteiger partial charge is 0.361 e. The number of carboxylic acids is 1. The molecule has 0 aromatic heterocycles. The monoisotopic (exact) mass is 1060 g/mol. The number of unbranched alkanes of at least 4 members (excludes halogenated alkanes) is 5. The number of nitrogens with zero attached hydrogens (tertiary/aromatic N) is 1. The second-order valence-corrected chi connectivity index (χ2v) is 19.5. The summed E-state index contributed by atoms with van der Waals surface area (Å²) in [5, 5.41) is 9.70. The van der Waals surface area contributed by atoms with E-state index in [0.717, 1.165) is 128 Å². The molecular formula is C68H104NO8+. The van der Waals surface area contributed by atoms with Gasteiger partial charge in [0.1, 0.15) is 13.2 Å². The molecule has 0 aliphatic heterocycles. The second kappa shape index (κ2) is 56.6. The topological polar surface area (TPSA) is 108 Å². The van der Waals surface area contributed by atoms with Crippen LogP contribution >= 0.6 is 0 Å². The molecule has 0 saturated carbocycles. The van der Waals surface area contributed by atoms with E-state index in [1.165, 1.54) is 0 Å². The van der Waals surface area contributed by atoms with E-state index in [0.29, 0.717) is 23.9 Å². The molecule has 9 nitrogen and oxygen atoms in total. The summed E-state index contributed by atoms with van der Waals surface area (Å²) in [5.74, 6) is -2.14. The van der Waals surface area contributed by atoms with Crippen molar-refractivity contribution in [1.82, 2.24) is 0 Å². The highest BCUT2D eigenvalue weighted by atomic mass is 16.7. The van der Waals surface area contributed by atoms with Gasteiger partial charge in [0.2, 0.25) is 0 Å². The minimum absolute atomic E-state index is 0.162. The van der Waals surface area contributed by atoms with Gasteiger partial charge in [-0.1, -0.05) is 203 Å². The van der Waals surface area contributed by atoms with Crippen LogP contribution in [-0.4, -0.2) is 87.4 Å². The Balaban J connectivity index is 4.46. The fourth-order valence-corrected chi connectivity index (χ4v) is 6.77. The largest absolute Gasteiger partial charge is 0.477 e. The summed E-state index contributed by atoms with van der Waals surface area (Å²) in [6.45, 7) is 4.51. The highest BCUT2D eigenvalue weighted by molar-refractivity contribution is 5.71. The Hall–Kier alpha value is -5.61. The third-order valence-electron chi connectivity index (χ3n) is 11.2. The Kier molecular flexibility index (Phi) is 52.5. The number of likely N-dealkylation sites (N-methyl/N-ethyl adjacent to an activating group) is 1. The minimum Gasteiger partial charge on any atom is -0.477 e. The normalized spacial score (nSPS) is 14.1. The van der Waals surface area contributed by atoms with E-state index in [1.807, 2.05) is 21.1 Å². The molecule has 0 bridgehead atoms. The molecule has 2 atom stereocenters. The first kappa shape index (κ1) is 71.4. The molecule has 0 aliphatic rings. The predicted molar refractivity (Wildman–Crippen MR) is 326 cm³/mol. The van der Waals surface area contributed by atoms with Gasteiger partial charge in [0.15, 0.2) is 6.10 Å². The maximum Gasteiger partial charge on any atom is 0.361 e. The number of carboxylic acid groups (broad SMARTS) is 1. The molecule has 0 fully saturated rings. The number of carbonyl (C=O) groups excluding carboxylic acids is 2. The van der Waals surface area contributed by atoms with Gasteiger partial charge < -0.3 is 28.5 Å². The van der Waals surface area contributed by atoms with Gasteiger partial charge in [-0.15, -0.1) is 0 Å². The number of rotatable bonds is 50. The van der Waals surface area contributed by atoms with Gasteiger partial charge >= 0.3 is 17.9 Å². The molecule has 0 saturated heterocycles. The molecule has 0 aromatic carbocycles. The first-order chi connectivity index (χ1) is 37.6. The van der Waals surface area contributed by atoms with Crippen molar-refractivity contribution in [2.24, 2.45) is 0 Å². The third-order valence-corrected chi connectivity index (χ3v) is 11.2. The Morgan fingerprint density at radius 2 is 0.701 bits per heavy atom. The number of aliphatic carboxylic acids is 1. The zero-order valence-electron chi connectivity index (χ0n) is 48.5. The molecule has 0 heterocycles. The van der Waals surface area contributed by atoms with Crippen molar-refractivity contribution in [3.63, 3.8) is 0 Å². The summed E-state index contributed by atoms with van der Waals surface area (Å²) in [6, 6.07) is 0. The van der Waals surface area contributed by atoms with Crippen molar-refractivity contribution in [2.45, 2.75) is 180 Å². The molecule has 0 aromatic rings. The number of esters is 2. The summed E-state index contributed by atoms with van der Waals surface area (Å²) in [7, 11) is 5.92. The van der Waals surface area contributed by atoms with E-state index < -0.39 is 30.3 Å². The molecule has 1 N–H and O–H groups in total. The van der Waals surface area contributed by atoms with Crippen molar-refractivity contribution in [2.75, 3.05) is 47.5 Å². The van der Waals surface area contributed by atoms with Gasteiger partial charge in [-0.3, -0.25) is 9.59 Å². The Morgan fingerprint density at radius 1 is 0.390 bits per heavy atom. The van der Waals surface area contributed by atoms with Crippen LogP contribution < -0.4 is 0 Å². The fraction of sp³-hybridized carbons (Fsp3) is 0.515. The summed E-state index contributed by atoms with van der Waals surface area (Å²) in [5.41, 5.74) is 0. The molecule has 2 unspecified atom stereocenters. The standard InChI is InChI=1S/C68H103NO8/c1-6-8-10-12-14-16-18-20-22-24-26-28-29-30-31-32-33-34-35-36-37-39-41-43-45-47-49-51-53-55-57-59-66(71)77-64(63-76-68(67(72)73)74-61-60-69(3,4)5)62-75-65(70)58-56-54-52-50-48-46-44-42-40-38-27-25-23-21-19-17-15-13-11-9-7-2/h8-11,14-17,20-23,26-28,30-31,33-34,36-38,41-44,47-50,64,68H,6-7,12-13,18-19,24-25,29,32,35,39-40,45-46,51-63H2,1-5H3/p+1/b10-8-,11-9-,16-14-,17-15-,22-20-,23-21-,28-26-,31-30-,34-33-,37-36-,38-27-,43-41-,44-42-,49-47-,50-48-. The van der Waals surface area contributed by atoms with E-state index in [9.17, 15) is 19.5 Å². The van der Waals surface area contributed by atoms with Crippen LogP contribution in [0.15, 0.2) is 182 Å². The maximum absolute atomic E-state index is 12.9. The zero-order valence-corrected chi connectivity index (χ0v) is 48.5. The number of hydrogen-bond donors (Lipinski definition) is 1. The minimum atomic E-state index is -1.54. The third kappa shape index (κ3) is 57.9. The molecule has 0 rings (SSSR count). The number of allylic oxidation sites excluding steroid dienone is 30. The lowest BCUT2D eigenvalue weighted by Crippen LogP contribution is -2.40. The van der Waals surface area contributed by atoms with Gasteiger partial charge in [0.25, 0.3) is 6.29 Å². The first-order valence-electron chi connectivity index (χ1n) is 28.9. The highest BCUT2D eigenvalue weighted by Crippen LogP contribution is 2.11. The van der Waals surface area contributed by atoms with Gasteiger partial charge in [-0.05, 0) is 135 Å². The lowest BCUT2D eigenvalue weighted by atomic mass is 10.1. The molecule has 428 valence electrons. The maximum atomic E-state index is 12.9. The van der Waals surface area contributed by atoms with E-state index >= 15 is 0 Å². The van der Waals surface area contributed by atoms with Crippen LogP contribution in [0.3, 0.4) is 0 Å². The lowest BCUT2D eigenvalue weighted by Gasteiger charge is -2.25. The molecule has 9 heteroatoms. The average molecular weight is 1060 g/mol. The van der Waals surface area contributed by atoms with Crippen molar-refractivity contribution in [1.29, 1.82) is 0 Å². The summed E-state index contributed by atoms with van der Waals surface area (Å²) < 4.78 is 22.8. The van der Waals surface area contributed by atoms with Crippen molar-refractivity contribution in [3.8, 4) is 0 Å². The number of carbonyl (C=O) groups is 3. The number of quaternary nitrogens is 1. The van der Waals surface area contributed by atoms with Crippen LogP contribution in [0, 0.1) is 0 Å². The predicted octanol–water partition coefficient (Wildman–Crippen LogP) is 17.3. The van der Waals surface area contributed by atoms with Crippen LogP contribution in [0.4, 0.5) is 0 Å². The van der Waals surface area contributed by atoms with Crippen LogP contribution in [-0.2, 0) is 33.3 Å². The van der Waals surface area contributed by atoms with Gasteiger partial charge in [-0.25, -0.2) is 4.79 Å². The molecular weight excluding hydrogens is 959 g/mol. The Bertz CT molecular complexity index is 1910. The van der Waals surface area contributed by atoms with Crippen LogP contribution in [0.1, 0.15) is 168 Å². The van der Waals surface area contributed by atoms with E-state index in [4.69, 9.17) is 18.9 Å². The SMILES string of the molecule is CC/C=C\C/C=C\C/C=C\C/C=C\C/C=C\C/C=C\C/C=C\C/C=C\C/C=C\CCCCCC(=O)OC(COC(=O)CCCC/C=C\C/C=C\C/C=C\C/C=C\C/C=C\C/C=C\CC)COC(OCC[N+](C)(C)C)C(=O)O. The van der Waals surface area contributed by atoms with E-state index in [1.54, 1.807) is 0 Å². The number of ether oxygens (including phenoxy) is 4. The van der Waals surface area contributed by atoms with E-state index in [2.05, 4.69) is 196 Å². The average Bonchev–Trinajstić information content (AvgIpc) is 3.40. The Morgan fingerprint density at radius 3 is 1.04 bits per heavy atom. The van der Waals surface area contributed by atoms with Crippen LogP contribution in [0.5, 0.6) is 0 Å². The molecule has 0 radical (unpaired) electrons. The molecule has 77 heavy (non-hydrogen) atoms. The van der Waals surface area contributed by atoms with Crippen LogP contribution in [0.2, 0.25) is 0 Å². The first-order valence-corrected chi connectivity index (χ1v) is 28.9. The molecule has 0 aliphatic carbocycles. The second-order valence-electron chi connectivity index (χ2n) is 19.5. The summed E-state index contributed by atoms with van der Waals surface area (Å²) >= 11 is 0. The van der Waals surface area contributed by atoms with Crippen LogP contribution in [0.25, 0.3) is 0 Å². The molecule has 0 amide bonds. The number of hydrogen-bond acceptors (Lipinski definition) is 7. The van der Waals surface area contributed by atoms with Crippen molar-refractivity contribution in [3.05, 3.63) is 182 Å². The fourth-order valence-electron chi connectivity index (χ4n) is 6.77. The summed E-state index contributed by atoms with van der Waals surface area (Å²) in [4.78, 5) is 37.4.